The lowest BCUT2D eigenvalue weighted by atomic mass is 9.97. The Bertz CT molecular complexity index is 1600. The zero-order valence-electron chi connectivity index (χ0n) is 17.7. The molecule has 0 saturated carbocycles. The second-order valence-electron chi connectivity index (χ2n) is 7.80. The van der Waals surface area contributed by atoms with Gasteiger partial charge in [-0.1, -0.05) is 78.6 Å². The van der Waals surface area contributed by atoms with Crippen LogP contribution in [0.4, 0.5) is 0 Å². The first kappa shape index (κ1) is 19.0. The number of aromatic nitrogens is 2. The first-order chi connectivity index (χ1) is 16.3. The predicted octanol–water partition coefficient (Wildman–Crippen LogP) is 7.11. The van der Waals surface area contributed by atoms with Crippen molar-refractivity contribution < 1.29 is 4.42 Å². The van der Waals surface area contributed by atoms with Crippen LogP contribution in [0.2, 0.25) is 0 Å². The summed E-state index contributed by atoms with van der Waals surface area (Å²) in [4.78, 5) is 0. The average molecular weight is 422 g/mol. The normalized spacial score (nSPS) is 10.8. The van der Waals surface area contributed by atoms with Crippen molar-refractivity contribution >= 4 is 21.5 Å². The number of hydrogen-bond acceptors (Lipinski definition) is 3. The maximum atomic E-state index is 6.18. The van der Waals surface area contributed by atoms with E-state index in [0.29, 0.717) is 11.8 Å². The molecule has 0 bridgehead atoms. The maximum Gasteiger partial charge on any atom is 0.249 e. The fourth-order valence-electron chi connectivity index (χ4n) is 4.05. The van der Waals surface area contributed by atoms with E-state index in [-0.39, 0.29) is 0 Å². The van der Waals surface area contributed by atoms with Crippen molar-refractivity contribution in [3.05, 3.63) is 120 Å². The molecule has 5 aromatic carbocycles. The lowest BCUT2D eigenvalue weighted by Gasteiger charge is -2.08. The molecule has 3 heteroatoms. The molecule has 1 aromatic heterocycles. The minimum atomic E-state index is 0.490. The Morgan fingerprint density at radius 2 is 1.06 bits per heavy atom. The van der Waals surface area contributed by atoms with Gasteiger partial charge in [0.05, 0.1) is 5.56 Å². The van der Waals surface area contributed by atoms with Crippen molar-refractivity contribution in [3.8, 4) is 34.7 Å². The quantitative estimate of drug-likeness (QED) is 0.220. The van der Waals surface area contributed by atoms with E-state index in [1.807, 2.05) is 78.9 Å². The van der Waals surface area contributed by atoms with Crippen molar-refractivity contribution in [1.82, 2.24) is 10.2 Å². The van der Waals surface area contributed by atoms with Gasteiger partial charge in [0, 0.05) is 16.7 Å². The molecule has 0 atom stereocenters. The van der Waals surface area contributed by atoms with Gasteiger partial charge in [0.2, 0.25) is 11.8 Å². The van der Waals surface area contributed by atoms with E-state index in [1.54, 1.807) is 0 Å². The van der Waals surface area contributed by atoms with E-state index in [2.05, 4.69) is 52.4 Å². The van der Waals surface area contributed by atoms with Gasteiger partial charge in [0.15, 0.2) is 0 Å². The lowest BCUT2D eigenvalue weighted by Crippen LogP contribution is -1.85. The van der Waals surface area contributed by atoms with Gasteiger partial charge >= 0.3 is 0 Å². The Balaban J connectivity index is 1.38. The highest BCUT2D eigenvalue weighted by Crippen LogP contribution is 2.36. The summed E-state index contributed by atoms with van der Waals surface area (Å²) < 4.78 is 6.18. The molecule has 0 fully saturated rings. The van der Waals surface area contributed by atoms with Crippen LogP contribution in [0.15, 0.2) is 114 Å². The second-order valence-corrected chi connectivity index (χ2v) is 7.80. The van der Waals surface area contributed by atoms with E-state index in [4.69, 9.17) is 4.42 Å². The minimum Gasteiger partial charge on any atom is -0.416 e. The lowest BCUT2D eigenvalue weighted by molar-refractivity contribution is 0.586. The summed E-state index contributed by atoms with van der Waals surface area (Å²) in [5.74, 6) is 7.38. The van der Waals surface area contributed by atoms with Crippen LogP contribution in [-0.2, 0) is 0 Å². The molecule has 33 heavy (non-hydrogen) atoms. The van der Waals surface area contributed by atoms with Crippen LogP contribution in [0.3, 0.4) is 0 Å². The van der Waals surface area contributed by atoms with Crippen LogP contribution in [0.1, 0.15) is 11.1 Å². The van der Waals surface area contributed by atoms with Crippen molar-refractivity contribution in [2.45, 2.75) is 0 Å². The Morgan fingerprint density at radius 3 is 1.73 bits per heavy atom. The van der Waals surface area contributed by atoms with Crippen LogP contribution in [0.25, 0.3) is 44.5 Å². The molecule has 0 amide bonds. The highest BCUT2D eigenvalue weighted by atomic mass is 16.4. The molecule has 0 N–H and O–H groups in total. The van der Waals surface area contributed by atoms with E-state index in [1.165, 1.54) is 0 Å². The van der Waals surface area contributed by atoms with Crippen molar-refractivity contribution in [2.75, 3.05) is 0 Å². The fraction of sp³-hybridized carbons (Fsp3) is 0. The molecule has 0 saturated heterocycles. The topological polar surface area (TPSA) is 38.9 Å². The Morgan fingerprint density at radius 1 is 0.515 bits per heavy atom. The van der Waals surface area contributed by atoms with Crippen molar-refractivity contribution in [3.63, 3.8) is 0 Å². The number of fused-ring (bicyclic) bond motifs is 2. The Hall–Kier alpha value is -4.68. The van der Waals surface area contributed by atoms with Gasteiger partial charge in [0.25, 0.3) is 0 Å². The number of rotatable bonds is 2. The maximum absolute atomic E-state index is 6.18. The molecule has 0 aliphatic carbocycles. The van der Waals surface area contributed by atoms with Gasteiger partial charge in [-0.3, -0.25) is 0 Å². The minimum absolute atomic E-state index is 0.490. The monoisotopic (exact) mass is 422 g/mol. The number of hydrogen-bond donors (Lipinski definition) is 0. The smallest absolute Gasteiger partial charge is 0.249 e. The van der Waals surface area contributed by atoms with Crippen LogP contribution >= 0.6 is 0 Å². The molecule has 0 radical (unpaired) electrons. The largest absolute Gasteiger partial charge is 0.416 e. The van der Waals surface area contributed by atoms with Gasteiger partial charge in [-0.15, -0.1) is 10.2 Å². The van der Waals surface area contributed by atoms with Crippen LogP contribution in [0.5, 0.6) is 0 Å². The third-order valence-electron chi connectivity index (χ3n) is 5.67. The first-order valence-corrected chi connectivity index (χ1v) is 10.8. The molecule has 0 aliphatic rings. The van der Waals surface area contributed by atoms with Crippen LogP contribution < -0.4 is 0 Å². The van der Waals surface area contributed by atoms with Gasteiger partial charge in [-0.25, -0.2) is 0 Å². The molecular formula is C30H18N2O. The highest BCUT2D eigenvalue weighted by Gasteiger charge is 2.16. The molecule has 6 rings (SSSR count). The Kier molecular flexibility index (Phi) is 4.68. The van der Waals surface area contributed by atoms with E-state index < -0.39 is 0 Å². The number of nitrogens with zero attached hydrogens (tertiary/aromatic N) is 2. The average Bonchev–Trinajstić information content (AvgIpc) is 3.37. The summed E-state index contributed by atoms with van der Waals surface area (Å²) in [7, 11) is 0. The van der Waals surface area contributed by atoms with Gasteiger partial charge < -0.3 is 4.42 Å². The summed E-state index contributed by atoms with van der Waals surface area (Å²) in [6.07, 6.45) is 0. The molecule has 154 valence electrons. The molecule has 0 unspecified atom stereocenters. The van der Waals surface area contributed by atoms with Crippen LogP contribution in [0, 0.1) is 11.8 Å². The van der Waals surface area contributed by atoms with E-state index in [0.717, 1.165) is 43.8 Å². The molecule has 3 nitrogen and oxygen atoms in total. The predicted molar refractivity (Wildman–Crippen MR) is 133 cm³/mol. The highest BCUT2D eigenvalue weighted by molar-refractivity contribution is 6.11. The zero-order valence-corrected chi connectivity index (χ0v) is 17.7. The van der Waals surface area contributed by atoms with Gasteiger partial charge in [-0.05, 0) is 64.0 Å². The SMILES string of the molecule is C(#Cc1ccc(-c2nnc(-c3c4ccccc4cc4ccccc34)o2)cc1)c1ccccc1. The van der Waals surface area contributed by atoms with Gasteiger partial charge in [0.1, 0.15) is 0 Å². The number of benzene rings is 5. The zero-order chi connectivity index (χ0) is 22.0. The summed E-state index contributed by atoms with van der Waals surface area (Å²) in [5, 5.41) is 13.2. The molecule has 1 heterocycles. The third kappa shape index (κ3) is 3.64. The third-order valence-corrected chi connectivity index (χ3v) is 5.67. The fourth-order valence-corrected chi connectivity index (χ4v) is 4.05. The standard InChI is InChI=1S/C30H18N2O/c1-2-8-21(9-3-1)14-15-22-16-18-23(19-17-22)29-31-32-30(33-29)28-26-12-6-4-10-24(26)20-25-11-5-7-13-27(25)28/h1-13,16-20H. The summed E-state index contributed by atoms with van der Waals surface area (Å²) in [6, 6.07) is 36.6. The summed E-state index contributed by atoms with van der Waals surface area (Å²) in [6.45, 7) is 0. The summed E-state index contributed by atoms with van der Waals surface area (Å²) in [5.41, 5.74) is 3.75. The van der Waals surface area contributed by atoms with Crippen molar-refractivity contribution in [1.29, 1.82) is 0 Å². The van der Waals surface area contributed by atoms with Crippen LogP contribution in [-0.4, -0.2) is 10.2 Å². The van der Waals surface area contributed by atoms with E-state index >= 15 is 0 Å². The summed E-state index contributed by atoms with van der Waals surface area (Å²) >= 11 is 0. The second kappa shape index (κ2) is 8.11. The first-order valence-electron chi connectivity index (χ1n) is 10.8. The molecule has 0 spiro atoms. The van der Waals surface area contributed by atoms with E-state index in [9.17, 15) is 0 Å². The Labute approximate surface area is 191 Å². The van der Waals surface area contributed by atoms with Crippen molar-refractivity contribution in [2.24, 2.45) is 0 Å². The molecular weight excluding hydrogens is 404 g/mol. The molecule has 0 aliphatic heterocycles. The van der Waals surface area contributed by atoms with Gasteiger partial charge in [-0.2, -0.15) is 0 Å². The molecule has 6 aromatic rings.